The zero-order chi connectivity index (χ0) is 26.4. The summed E-state index contributed by atoms with van der Waals surface area (Å²) in [5, 5.41) is 6.23. The van der Waals surface area contributed by atoms with Crippen LogP contribution >= 0.6 is 0 Å². The third kappa shape index (κ3) is 4.11. The van der Waals surface area contributed by atoms with Gasteiger partial charge in [0.15, 0.2) is 0 Å². The Hall–Kier alpha value is -3.52. The van der Waals surface area contributed by atoms with Gasteiger partial charge >= 0.3 is 0 Å². The Morgan fingerprint density at radius 1 is 1.11 bits per heavy atom. The maximum Gasteiger partial charge on any atom is 0.246 e. The van der Waals surface area contributed by atoms with Crippen LogP contribution in [0.2, 0.25) is 0 Å². The molecule has 6 rings (SSSR count). The highest BCUT2D eigenvalue weighted by molar-refractivity contribution is 6.02. The topological polar surface area (TPSA) is 101 Å². The highest BCUT2D eigenvalue weighted by Gasteiger charge is 2.72. The van der Waals surface area contributed by atoms with E-state index in [1.807, 2.05) is 56.3 Å². The number of aryl methyl sites for hydroxylation is 2. The first kappa shape index (κ1) is 24.8. The molecule has 2 bridgehead atoms. The average molecular weight is 515 g/mol. The first-order chi connectivity index (χ1) is 18.4. The second-order valence-corrected chi connectivity index (χ2v) is 11.2. The predicted octanol–water partition coefficient (Wildman–Crippen LogP) is 3.44. The van der Waals surface area contributed by atoms with Crippen LogP contribution in [0.4, 0.5) is 5.69 Å². The van der Waals surface area contributed by atoms with Crippen LogP contribution < -0.4 is 10.6 Å². The Kier molecular flexibility index (Phi) is 6.30. The quantitative estimate of drug-likeness (QED) is 0.576. The van der Waals surface area contributed by atoms with Gasteiger partial charge in [-0.15, -0.1) is 0 Å². The number of nitrogens with zero attached hydrogens (tertiary/aromatic N) is 2. The van der Waals surface area contributed by atoms with E-state index in [0.29, 0.717) is 5.69 Å². The lowest BCUT2D eigenvalue weighted by Gasteiger charge is -2.34. The number of benzene rings is 1. The fourth-order valence-corrected chi connectivity index (χ4v) is 6.70. The number of hydrogen-bond acceptors (Lipinski definition) is 5. The number of anilines is 1. The number of amides is 3. The van der Waals surface area contributed by atoms with Gasteiger partial charge in [0.25, 0.3) is 0 Å². The van der Waals surface area contributed by atoms with Gasteiger partial charge in [0.05, 0.1) is 17.9 Å². The molecule has 8 nitrogen and oxygen atoms in total. The molecule has 0 unspecified atom stereocenters. The number of likely N-dealkylation sites (tertiary alicyclic amines) is 1. The molecule has 3 amide bonds. The minimum atomic E-state index is -1.17. The summed E-state index contributed by atoms with van der Waals surface area (Å²) in [6.45, 7) is 4.24. The first-order valence-corrected chi connectivity index (χ1v) is 13.6. The van der Waals surface area contributed by atoms with Crippen molar-refractivity contribution in [2.45, 2.75) is 76.3 Å². The van der Waals surface area contributed by atoms with Crippen molar-refractivity contribution in [3.05, 3.63) is 71.6 Å². The van der Waals surface area contributed by atoms with E-state index >= 15 is 0 Å². The Morgan fingerprint density at radius 3 is 2.66 bits per heavy atom. The van der Waals surface area contributed by atoms with Crippen molar-refractivity contribution < 1.29 is 19.1 Å². The van der Waals surface area contributed by atoms with Crippen molar-refractivity contribution in [1.82, 2.24) is 15.2 Å². The molecule has 8 heteroatoms. The Morgan fingerprint density at radius 2 is 1.92 bits per heavy atom. The van der Waals surface area contributed by atoms with Gasteiger partial charge in [-0.1, -0.05) is 43.5 Å². The van der Waals surface area contributed by atoms with Crippen molar-refractivity contribution in [2.75, 3.05) is 5.32 Å². The second-order valence-electron chi connectivity index (χ2n) is 11.2. The van der Waals surface area contributed by atoms with Gasteiger partial charge < -0.3 is 20.3 Å². The molecule has 2 aromatic rings. The minimum absolute atomic E-state index is 0.0912. The van der Waals surface area contributed by atoms with Gasteiger partial charge in [0.1, 0.15) is 11.6 Å². The Labute approximate surface area is 222 Å². The molecule has 5 atom stereocenters. The normalized spacial score (nSPS) is 29.9. The molecule has 4 heterocycles. The summed E-state index contributed by atoms with van der Waals surface area (Å²) < 4.78 is 6.45. The van der Waals surface area contributed by atoms with Crippen molar-refractivity contribution in [3.63, 3.8) is 0 Å². The number of hydrogen-bond donors (Lipinski definition) is 2. The van der Waals surface area contributed by atoms with Gasteiger partial charge in [-0.05, 0) is 61.6 Å². The molecule has 0 radical (unpaired) electrons. The number of carbonyl (C=O) groups is 3. The Balaban J connectivity index is 1.32. The van der Waals surface area contributed by atoms with Crippen molar-refractivity contribution in [1.29, 1.82) is 0 Å². The number of aromatic nitrogens is 1. The predicted molar refractivity (Wildman–Crippen MR) is 142 cm³/mol. The minimum Gasteiger partial charge on any atom is -0.359 e. The third-order valence-electron chi connectivity index (χ3n) is 8.73. The van der Waals surface area contributed by atoms with E-state index in [2.05, 4.69) is 15.6 Å². The van der Waals surface area contributed by atoms with Crippen LogP contribution in [-0.2, 0) is 25.7 Å². The smallest absolute Gasteiger partial charge is 0.246 e. The molecule has 198 valence electrons. The lowest BCUT2D eigenvalue weighted by Crippen LogP contribution is -2.56. The molecule has 4 aliphatic rings. The van der Waals surface area contributed by atoms with E-state index in [1.54, 1.807) is 17.3 Å². The molecular weight excluding hydrogens is 480 g/mol. The van der Waals surface area contributed by atoms with E-state index in [4.69, 9.17) is 4.74 Å². The number of fused-ring (bicyclic) bond motifs is 1. The molecule has 2 saturated heterocycles. The van der Waals surface area contributed by atoms with E-state index in [1.165, 1.54) is 6.42 Å². The standard InChI is InChI=1S/C30H34N4O4/c1-18-10-11-22(15-19(18)2)33-27(35)24-23-12-13-30(38-23)25(24)29(37)34(17-20-7-6-14-31-16-20)26(30)28(36)32-21-8-4-3-5-9-21/h6-7,10-16,21,23-26H,3-5,8-9,17H2,1-2H3,(H,32,36)(H,33,35)/t23-,24+,25-,26-,30-/m1/s1. The maximum atomic E-state index is 14.1. The zero-order valence-electron chi connectivity index (χ0n) is 21.9. The molecule has 38 heavy (non-hydrogen) atoms. The fourth-order valence-electron chi connectivity index (χ4n) is 6.70. The highest BCUT2D eigenvalue weighted by atomic mass is 16.5. The number of carbonyl (C=O) groups excluding carboxylic acids is 3. The van der Waals surface area contributed by atoms with Crippen molar-refractivity contribution in [2.24, 2.45) is 11.8 Å². The second kappa shape index (κ2) is 9.66. The molecule has 3 fully saturated rings. The van der Waals surface area contributed by atoms with Gasteiger partial charge in [-0.3, -0.25) is 19.4 Å². The van der Waals surface area contributed by atoms with Crippen LogP contribution in [0.15, 0.2) is 54.9 Å². The van der Waals surface area contributed by atoms with Crippen LogP contribution in [0.1, 0.15) is 48.8 Å². The summed E-state index contributed by atoms with van der Waals surface area (Å²) in [5.41, 5.74) is 2.54. The fraction of sp³-hybridized carbons (Fsp3) is 0.467. The molecule has 3 aliphatic heterocycles. The van der Waals surface area contributed by atoms with E-state index in [0.717, 1.165) is 42.4 Å². The van der Waals surface area contributed by atoms with Crippen LogP contribution in [0.5, 0.6) is 0 Å². The van der Waals surface area contributed by atoms with Gasteiger partial charge in [0, 0.05) is 30.7 Å². The third-order valence-corrected chi connectivity index (χ3v) is 8.73. The Bertz CT molecular complexity index is 1290. The summed E-state index contributed by atoms with van der Waals surface area (Å²) in [6.07, 6.45) is 11.7. The zero-order valence-corrected chi connectivity index (χ0v) is 21.9. The van der Waals surface area contributed by atoms with E-state index in [-0.39, 0.29) is 30.3 Å². The average Bonchev–Trinajstić information content (AvgIpc) is 3.55. The maximum absolute atomic E-state index is 14.1. The van der Waals surface area contributed by atoms with Gasteiger partial charge in [0.2, 0.25) is 17.7 Å². The summed E-state index contributed by atoms with van der Waals surface area (Å²) in [6, 6.07) is 8.69. The SMILES string of the molecule is Cc1ccc(NC(=O)[C@H]2[C@H]3C=C[C@@]4(O3)[C@H]2C(=O)N(Cc2cccnc2)[C@@H]4C(=O)NC2CCCCC2)cc1C. The number of ether oxygens (including phenoxy) is 1. The van der Waals surface area contributed by atoms with Crippen LogP contribution in [0.3, 0.4) is 0 Å². The largest absolute Gasteiger partial charge is 0.359 e. The molecule has 1 aliphatic carbocycles. The van der Waals surface area contributed by atoms with E-state index < -0.39 is 29.6 Å². The highest BCUT2D eigenvalue weighted by Crippen LogP contribution is 2.55. The van der Waals surface area contributed by atoms with Crippen LogP contribution in [0.25, 0.3) is 0 Å². The summed E-state index contributed by atoms with van der Waals surface area (Å²) >= 11 is 0. The number of nitrogens with one attached hydrogen (secondary N) is 2. The van der Waals surface area contributed by atoms with Crippen molar-refractivity contribution >= 4 is 23.4 Å². The molecule has 2 N–H and O–H groups in total. The van der Waals surface area contributed by atoms with Gasteiger partial charge in [-0.25, -0.2) is 0 Å². The summed E-state index contributed by atoms with van der Waals surface area (Å²) in [5.74, 6) is -2.21. The molecule has 1 aromatic heterocycles. The van der Waals surface area contributed by atoms with Crippen molar-refractivity contribution in [3.8, 4) is 0 Å². The van der Waals surface area contributed by atoms with Crippen LogP contribution in [-0.4, -0.2) is 51.4 Å². The summed E-state index contributed by atoms with van der Waals surface area (Å²) in [7, 11) is 0. The van der Waals surface area contributed by atoms with Gasteiger partial charge in [-0.2, -0.15) is 0 Å². The molecular formula is C30H34N4O4. The number of rotatable bonds is 6. The molecule has 1 saturated carbocycles. The molecule has 1 aromatic carbocycles. The lowest BCUT2D eigenvalue weighted by atomic mass is 9.74. The first-order valence-electron chi connectivity index (χ1n) is 13.6. The monoisotopic (exact) mass is 514 g/mol. The van der Waals surface area contributed by atoms with E-state index in [9.17, 15) is 14.4 Å². The van der Waals surface area contributed by atoms with Crippen LogP contribution in [0, 0.1) is 25.7 Å². The lowest BCUT2D eigenvalue weighted by molar-refractivity contribution is -0.142. The number of pyridine rings is 1. The summed E-state index contributed by atoms with van der Waals surface area (Å²) in [4.78, 5) is 47.4. The molecule has 1 spiro atoms.